The van der Waals surface area contributed by atoms with Crippen LogP contribution in [-0.2, 0) is 0 Å². The normalized spacial score (nSPS) is 10.7. The number of nitrogens with one attached hydrogen (secondary N) is 1. The van der Waals surface area contributed by atoms with Gasteiger partial charge in [0.05, 0.1) is 9.90 Å². The maximum absolute atomic E-state index is 5.75. The lowest BCUT2D eigenvalue weighted by atomic mass is 10.3. The van der Waals surface area contributed by atoms with E-state index in [1.165, 1.54) is 6.33 Å². The van der Waals surface area contributed by atoms with Crippen LogP contribution >= 0.6 is 22.6 Å². The molecule has 2 heterocycles. The first-order valence-electron chi connectivity index (χ1n) is 5.13. The number of imidazole rings is 1. The summed E-state index contributed by atoms with van der Waals surface area (Å²) in [7, 11) is 0. The molecule has 0 spiro atoms. The SMILES string of the molecule is Nc1nc(Oc2ccccc2I)c2[nH]cnc2n1. The fourth-order valence-corrected chi connectivity index (χ4v) is 2.03. The molecule has 3 rings (SSSR count). The highest BCUT2D eigenvalue weighted by Crippen LogP contribution is 2.28. The van der Waals surface area contributed by atoms with Gasteiger partial charge in [-0.05, 0) is 34.7 Å². The van der Waals surface area contributed by atoms with Crippen LogP contribution < -0.4 is 10.5 Å². The molecule has 0 aliphatic rings. The Morgan fingerprint density at radius 3 is 2.89 bits per heavy atom. The van der Waals surface area contributed by atoms with Gasteiger partial charge in [-0.1, -0.05) is 12.1 Å². The average molecular weight is 353 g/mol. The molecule has 0 bridgehead atoms. The van der Waals surface area contributed by atoms with Crippen molar-refractivity contribution in [1.29, 1.82) is 0 Å². The summed E-state index contributed by atoms with van der Waals surface area (Å²) < 4.78 is 6.74. The van der Waals surface area contributed by atoms with Crippen LogP contribution in [0.15, 0.2) is 30.6 Å². The van der Waals surface area contributed by atoms with Crippen LogP contribution in [0.4, 0.5) is 5.95 Å². The standard InChI is InChI=1S/C11H8IN5O/c12-6-3-1-2-4-7(6)18-10-8-9(15-5-14-8)16-11(13)17-10/h1-5H,(H3,13,14,15,16,17). The number of nitrogens with two attached hydrogens (primary N) is 1. The molecule has 18 heavy (non-hydrogen) atoms. The fourth-order valence-electron chi connectivity index (χ4n) is 1.53. The summed E-state index contributed by atoms with van der Waals surface area (Å²) in [5.74, 6) is 1.22. The number of anilines is 1. The molecule has 0 unspecified atom stereocenters. The van der Waals surface area contributed by atoms with Crippen molar-refractivity contribution in [3.05, 3.63) is 34.2 Å². The van der Waals surface area contributed by atoms with E-state index >= 15 is 0 Å². The molecule has 1 aromatic carbocycles. The van der Waals surface area contributed by atoms with Gasteiger partial charge >= 0.3 is 0 Å². The second-order valence-corrected chi connectivity index (χ2v) is 4.68. The number of H-pyrrole nitrogens is 1. The lowest BCUT2D eigenvalue weighted by molar-refractivity contribution is 0.465. The summed E-state index contributed by atoms with van der Waals surface area (Å²) in [6, 6.07) is 7.65. The maximum Gasteiger partial charge on any atom is 0.250 e. The van der Waals surface area contributed by atoms with Crippen molar-refractivity contribution in [3.63, 3.8) is 0 Å². The summed E-state index contributed by atoms with van der Waals surface area (Å²) in [6.45, 7) is 0. The van der Waals surface area contributed by atoms with E-state index in [-0.39, 0.29) is 5.95 Å². The van der Waals surface area contributed by atoms with E-state index in [2.05, 4.69) is 42.5 Å². The third-order valence-corrected chi connectivity index (χ3v) is 3.20. The molecule has 0 aliphatic heterocycles. The number of fused-ring (bicyclic) bond motifs is 1. The van der Waals surface area contributed by atoms with Gasteiger partial charge in [-0.25, -0.2) is 4.98 Å². The van der Waals surface area contributed by atoms with Crippen LogP contribution in [0.25, 0.3) is 11.2 Å². The molecule has 2 aromatic heterocycles. The number of hydrogen-bond acceptors (Lipinski definition) is 5. The summed E-state index contributed by atoms with van der Waals surface area (Å²) in [5.41, 5.74) is 6.74. The number of benzene rings is 1. The fraction of sp³-hybridized carbons (Fsp3) is 0. The smallest absolute Gasteiger partial charge is 0.250 e. The first kappa shape index (κ1) is 11.2. The van der Waals surface area contributed by atoms with Crippen LogP contribution in [0.5, 0.6) is 11.6 Å². The maximum atomic E-state index is 5.75. The third kappa shape index (κ3) is 1.96. The predicted molar refractivity (Wildman–Crippen MR) is 75.3 cm³/mol. The molecule has 0 amide bonds. The molecule has 3 N–H and O–H groups in total. The van der Waals surface area contributed by atoms with Gasteiger partial charge in [0.15, 0.2) is 5.65 Å². The Hall–Kier alpha value is -1.90. The first-order valence-corrected chi connectivity index (χ1v) is 6.21. The van der Waals surface area contributed by atoms with Gasteiger partial charge in [0.2, 0.25) is 5.95 Å². The van der Waals surface area contributed by atoms with E-state index in [4.69, 9.17) is 10.5 Å². The van der Waals surface area contributed by atoms with Crippen molar-refractivity contribution < 1.29 is 4.74 Å². The molecule has 0 aliphatic carbocycles. The molecule has 6 nitrogen and oxygen atoms in total. The molecule has 0 saturated carbocycles. The Bertz CT molecular complexity index is 711. The number of aromatic amines is 1. The van der Waals surface area contributed by atoms with Crippen LogP contribution in [0.1, 0.15) is 0 Å². The van der Waals surface area contributed by atoms with Crippen molar-refractivity contribution in [3.8, 4) is 11.6 Å². The van der Waals surface area contributed by atoms with Crippen LogP contribution in [0, 0.1) is 3.57 Å². The van der Waals surface area contributed by atoms with Crippen LogP contribution in [0.3, 0.4) is 0 Å². The lowest BCUT2D eigenvalue weighted by Crippen LogP contribution is -1.99. The molecular weight excluding hydrogens is 345 g/mol. The Balaban J connectivity index is 2.10. The molecular formula is C11H8IN5O. The topological polar surface area (TPSA) is 89.7 Å². The Morgan fingerprint density at radius 1 is 1.22 bits per heavy atom. The van der Waals surface area contributed by atoms with E-state index in [9.17, 15) is 0 Å². The highest BCUT2D eigenvalue weighted by atomic mass is 127. The Morgan fingerprint density at radius 2 is 2.06 bits per heavy atom. The minimum atomic E-state index is 0.135. The number of para-hydroxylation sites is 1. The Labute approximate surface area is 116 Å². The number of hydrogen-bond donors (Lipinski definition) is 2. The van der Waals surface area contributed by atoms with Crippen LogP contribution in [-0.4, -0.2) is 19.9 Å². The lowest BCUT2D eigenvalue weighted by Gasteiger charge is -2.07. The second kappa shape index (κ2) is 4.41. The zero-order valence-corrected chi connectivity index (χ0v) is 11.2. The largest absolute Gasteiger partial charge is 0.436 e. The van der Waals surface area contributed by atoms with Gasteiger partial charge in [0, 0.05) is 0 Å². The zero-order chi connectivity index (χ0) is 12.5. The van der Waals surface area contributed by atoms with Gasteiger partial charge in [0.25, 0.3) is 5.88 Å². The predicted octanol–water partition coefficient (Wildman–Crippen LogP) is 2.33. The number of nitrogens with zero attached hydrogens (tertiary/aromatic N) is 3. The Kier molecular flexibility index (Phi) is 2.74. The molecule has 0 radical (unpaired) electrons. The minimum absolute atomic E-state index is 0.135. The number of halogens is 1. The summed E-state index contributed by atoms with van der Waals surface area (Å²) >= 11 is 2.19. The van der Waals surface area contributed by atoms with Gasteiger partial charge in [-0.2, -0.15) is 9.97 Å². The molecule has 0 saturated heterocycles. The quantitative estimate of drug-likeness (QED) is 0.691. The molecule has 3 aromatic rings. The monoisotopic (exact) mass is 353 g/mol. The zero-order valence-electron chi connectivity index (χ0n) is 9.09. The number of nitrogen functional groups attached to an aromatic ring is 1. The first-order chi connectivity index (χ1) is 8.74. The average Bonchev–Trinajstić information content (AvgIpc) is 2.80. The third-order valence-electron chi connectivity index (χ3n) is 2.31. The van der Waals surface area contributed by atoms with E-state index < -0.39 is 0 Å². The van der Waals surface area contributed by atoms with Crippen molar-refractivity contribution in [2.24, 2.45) is 0 Å². The summed E-state index contributed by atoms with van der Waals surface area (Å²) in [6.07, 6.45) is 1.53. The number of ether oxygens (including phenoxy) is 1. The van der Waals surface area contributed by atoms with Crippen molar-refractivity contribution in [1.82, 2.24) is 19.9 Å². The van der Waals surface area contributed by atoms with Gasteiger partial charge < -0.3 is 15.5 Å². The van der Waals surface area contributed by atoms with Crippen molar-refractivity contribution >= 4 is 39.7 Å². The minimum Gasteiger partial charge on any atom is -0.436 e. The summed E-state index contributed by atoms with van der Waals surface area (Å²) in [5, 5.41) is 0. The van der Waals surface area contributed by atoms with E-state index in [1.54, 1.807) is 0 Å². The van der Waals surface area contributed by atoms with Gasteiger partial charge in [-0.3, -0.25) is 0 Å². The van der Waals surface area contributed by atoms with Gasteiger partial charge in [0.1, 0.15) is 11.3 Å². The van der Waals surface area contributed by atoms with Crippen molar-refractivity contribution in [2.75, 3.05) is 5.73 Å². The van der Waals surface area contributed by atoms with Gasteiger partial charge in [-0.15, -0.1) is 0 Å². The highest BCUT2D eigenvalue weighted by molar-refractivity contribution is 14.1. The van der Waals surface area contributed by atoms with E-state index in [0.717, 1.165) is 3.57 Å². The number of aromatic nitrogens is 4. The number of rotatable bonds is 2. The highest BCUT2D eigenvalue weighted by Gasteiger charge is 2.11. The van der Waals surface area contributed by atoms with E-state index in [0.29, 0.717) is 22.8 Å². The second-order valence-electron chi connectivity index (χ2n) is 3.52. The molecule has 90 valence electrons. The van der Waals surface area contributed by atoms with Crippen molar-refractivity contribution in [2.45, 2.75) is 0 Å². The molecule has 7 heteroatoms. The molecule has 0 fully saturated rings. The summed E-state index contributed by atoms with van der Waals surface area (Å²) in [4.78, 5) is 15.1. The van der Waals surface area contributed by atoms with E-state index in [1.807, 2.05) is 24.3 Å². The molecule has 0 atom stereocenters. The van der Waals surface area contributed by atoms with Crippen LogP contribution in [0.2, 0.25) is 0 Å².